The van der Waals surface area contributed by atoms with Gasteiger partial charge in [-0.3, -0.25) is 19.5 Å². The Balaban J connectivity index is 1.93. The van der Waals surface area contributed by atoms with E-state index >= 15 is 0 Å². The van der Waals surface area contributed by atoms with Crippen LogP contribution < -0.4 is 21.8 Å². The number of phenolic OH excluding ortho intramolecular Hbond substituents is 1. The summed E-state index contributed by atoms with van der Waals surface area (Å²) in [6, 6.07) is 22.3. The van der Waals surface area contributed by atoms with Crippen LogP contribution in [0.3, 0.4) is 0 Å². The second-order valence-electron chi connectivity index (χ2n) is 9.04. The number of hydrogen-bond acceptors (Lipinski definition) is 7. The number of carbonyl (C=O) groups excluding carboxylic acids is 1. The van der Waals surface area contributed by atoms with Crippen molar-refractivity contribution in [3.63, 3.8) is 0 Å². The minimum atomic E-state index is -0.617. The third-order valence-corrected chi connectivity index (χ3v) is 6.19. The first kappa shape index (κ1) is 26.8. The number of para-hydroxylation sites is 1. The highest BCUT2D eigenvalue weighted by Gasteiger charge is 2.23. The van der Waals surface area contributed by atoms with Gasteiger partial charge in [0, 0.05) is 14.1 Å². The smallest absolute Gasteiger partial charge is 0.295 e. The van der Waals surface area contributed by atoms with E-state index in [1.165, 1.54) is 31.1 Å². The Kier molecular flexibility index (Phi) is 7.82. The number of nitrogens with zero attached hydrogens (tertiary/aromatic N) is 3. The summed E-state index contributed by atoms with van der Waals surface area (Å²) in [6.07, 6.45) is 0.599. The third-order valence-electron chi connectivity index (χ3n) is 6.19. The molecule has 0 aliphatic rings. The fraction of sp³-hybridized carbons (Fsp3) is 0.172. The molecular weight excluding hydrogens is 496 g/mol. The number of carbonyl (C=O) groups is 1. The van der Waals surface area contributed by atoms with E-state index in [0.29, 0.717) is 12.1 Å². The first-order valence-corrected chi connectivity index (χ1v) is 12.3. The number of H-pyrrole nitrogens is 1. The van der Waals surface area contributed by atoms with E-state index in [1.807, 2.05) is 43.3 Å². The summed E-state index contributed by atoms with van der Waals surface area (Å²) in [5.41, 5.74) is -0.204. The maximum absolute atomic E-state index is 13.8. The summed E-state index contributed by atoms with van der Waals surface area (Å²) in [6.45, 7) is 1.94. The van der Waals surface area contributed by atoms with Crippen molar-refractivity contribution in [2.75, 3.05) is 24.7 Å². The predicted molar refractivity (Wildman–Crippen MR) is 150 cm³/mol. The molecule has 1 amide bonds. The Morgan fingerprint density at radius 2 is 1.69 bits per heavy atom. The molecule has 1 heterocycles. The van der Waals surface area contributed by atoms with E-state index in [1.54, 1.807) is 30.3 Å². The van der Waals surface area contributed by atoms with Crippen molar-refractivity contribution >= 4 is 23.0 Å². The van der Waals surface area contributed by atoms with Crippen molar-refractivity contribution in [2.45, 2.75) is 19.4 Å². The monoisotopic (exact) mass is 524 g/mol. The number of benzene rings is 3. The average molecular weight is 525 g/mol. The van der Waals surface area contributed by atoms with E-state index < -0.39 is 22.8 Å². The van der Waals surface area contributed by atoms with Gasteiger partial charge in [-0.2, -0.15) is 5.26 Å². The van der Waals surface area contributed by atoms with Crippen molar-refractivity contribution in [1.29, 1.82) is 5.26 Å². The molecule has 0 bridgehead atoms. The van der Waals surface area contributed by atoms with Crippen LogP contribution in [0.5, 0.6) is 5.75 Å². The van der Waals surface area contributed by atoms with Crippen LogP contribution in [0.1, 0.15) is 40.9 Å². The quantitative estimate of drug-likeness (QED) is 0.254. The summed E-state index contributed by atoms with van der Waals surface area (Å²) >= 11 is 0. The molecule has 0 spiro atoms. The zero-order valence-corrected chi connectivity index (χ0v) is 21.7. The fourth-order valence-electron chi connectivity index (χ4n) is 4.17. The van der Waals surface area contributed by atoms with Crippen LogP contribution in [0.15, 0.2) is 82.4 Å². The van der Waals surface area contributed by atoms with E-state index in [4.69, 9.17) is 0 Å². The molecule has 3 aromatic carbocycles. The van der Waals surface area contributed by atoms with Gasteiger partial charge in [-0.25, -0.2) is 4.68 Å². The van der Waals surface area contributed by atoms with Gasteiger partial charge in [0.1, 0.15) is 11.4 Å². The normalized spacial score (nSPS) is 11.3. The maximum atomic E-state index is 13.8. The number of amides is 1. The van der Waals surface area contributed by atoms with Crippen molar-refractivity contribution in [2.24, 2.45) is 0 Å². The number of rotatable bonds is 8. The number of aromatic hydroxyl groups is 1. The number of phenols is 1. The Bertz CT molecular complexity index is 1650. The van der Waals surface area contributed by atoms with Crippen molar-refractivity contribution in [1.82, 2.24) is 14.7 Å². The van der Waals surface area contributed by atoms with Crippen LogP contribution >= 0.6 is 0 Å². The van der Waals surface area contributed by atoms with E-state index in [9.17, 15) is 24.8 Å². The van der Waals surface area contributed by atoms with Crippen LogP contribution in [0.4, 0.5) is 17.1 Å². The van der Waals surface area contributed by atoms with Gasteiger partial charge in [-0.15, -0.1) is 0 Å². The molecule has 4 N–H and O–H groups in total. The first-order chi connectivity index (χ1) is 18.7. The maximum Gasteiger partial charge on any atom is 0.295 e. The van der Waals surface area contributed by atoms with Crippen molar-refractivity contribution in [3.8, 4) is 17.5 Å². The van der Waals surface area contributed by atoms with Gasteiger partial charge in [-0.1, -0.05) is 55.5 Å². The molecule has 1 aromatic heterocycles. The lowest BCUT2D eigenvalue weighted by atomic mass is 10.0. The first-order valence-electron chi connectivity index (χ1n) is 12.3. The summed E-state index contributed by atoms with van der Waals surface area (Å²) < 4.78 is 1.09. The van der Waals surface area contributed by atoms with E-state index in [2.05, 4.69) is 15.7 Å². The Morgan fingerprint density at radius 3 is 2.28 bits per heavy atom. The lowest BCUT2D eigenvalue weighted by Crippen LogP contribution is -2.33. The summed E-state index contributed by atoms with van der Waals surface area (Å²) in [5.74, 6) is -0.992. The lowest BCUT2D eigenvalue weighted by molar-refractivity contribution is 0.0824. The molecule has 0 radical (unpaired) electrons. The van der Waals surface area contributed by atoms with Gasteiger partial charge in [0.05, 0.1) is 34.6 Å². The summed E-state index contributed by atoms with van der Waals surface area (Å²) in [4.78, 5) is 41.2. The number of anilines is 3. The minimum absolute atomic E-state index is 0.0508. The second-order valence-corrected chi connectivity index (χ2v) is 9.04. The number of aromatic nitrogens is 2. The molecule has 198 valence electrons. The van der Waals surface area contributed by atoms with Crippen LogP contribution in [0.25, 0.3) is 5.69 Å². The van der Waals surface area contributed by atoms with Gasteiger partial charge >= 0.3 is 0 Å². The second kappa shape index (κ2) is 11.4. The zero-order chi connectivity index (χ0) is 28.1. The van der Waals surface area contributed by atoms with Gasteiger partial charge < -0.3 is 20.6 Å². The van der Waals surface area contributed by atoms with Crippen molar-refractivity contribution < 1.29 is 9.90 Å². The highest BCUT2D eigenvalue weighted by Crippen LogP contribution is 2.34. The molecule has 1 atom stereocenters. The molecule has 10 nitrogen and oxygen atoms in total. The van der Waals surface area contributed by atoms with Gasteiger partial charge in [0.15, 0.2) is 5.75 Å². The number of nitrogens with one attached hydrogen (secondary N) is 3. The molecule has 0 saturated heterocycles. The molecule has 0 saturated carbocycles. The number of hydrogen-bond donors (Lipinski definition) is 4. The number of aromatic amines is 1. The van der Waals surface area contributed by atoms with Gasteiger partial charge in [0.2, 0.25) is 0 Å². The van der Waals surface area contributed by atoms with Crippen LogP contribution in [0.2, 0.25) is 0 Å². The fourth-order valence-corrected chi connectivity index (χ4v) is 4.17. The summed E-state index contributed by atoms with van der Waals surface area (Å²) in [7, 11) is 3.03. The van der Waals surface area contributed by atoms with Gasteiger partial charge in [-0.05, 0) is 36.2 Å². The minimum Gasteiger partial charge on any atom is -0.505 e. The molecule has 10 heteroatoms. The van der Waals surface area contributed by atoms with Crippen LogP contribution in [-0.4, -0.2) is 39.8 Å². The standard InChI is InChI=1S/C29H28N6O4/c1-4-22(19-11-7-5-8-12-19)31-24-25(29(39)35(33-27(24)37)20-13-9-6-10-14-20)32-23-16-18(17-30)15-21(26(23)36)28(38)34(2)3/h5-16,22,31-32,36H,4H2,1-3H3,(H,33,37)/t22-/m1/s1. The Labute approximate surface area is 224 Å². The highest BCUT2D eigenvalue weighted by molar-refractivity contribution is 5.99. The van der Waals surface area contributed by atoms with Crippen LogP contribution in [0, 0.1) is 11.3 Å². The Hall–Kier alpha value is -5.30. The molecule has 0 aliphatic carbocycles. The van der Waals surface area contributed by atoms with Crippen molar-refractivity contribution in [3.05, 3.63) is 110 Å². The lowest BCUT2D eigenvalue weighted by Gasteiger charge is -2.22. The highest BCUT2D eigenvalue weighted by atomic mass is 16.3. The SMILES string of the molecule is CC[C@@H](Nc1c(Nc2cc(C#N)cc(C(=O)N(C)C)c2O)c(=O)n(-c2ccccc2)[nH]c1=O)c1ccccc1. The topological polar surface area (TPSA) is 143 Å². The molecule has 0 fully saturated rings. The Morgan fingerprint density at radius 1 is 1.05 bits per heavy atom. The largest absolute Gasteiger partial charge is 0.505 e. The molecule has 0 unspecified atom stereocenters. The average Bonchev–Trinajstić information content (AvgIpc) is 2.96. The molecule has 4 aromatic rings. The molecule has 0 aliphatic heterocycles. The number of nitriles is 1. The summed E-state index contributed by atoms with van der Waals surface area (Å²) in [5, 5.41) is 29.2. The zero-order valence-electron chi connectivity index (χ0n) is 21.7. The third kappa shape index (κ3) is 5.52. The molecular formula is C29H28N6O4. The molecule has 39 heavy (non-hydrogen) atoms. The van der Waals surface area contributed by atoms with E-state index in [-0.39, 0.29) is 34.2 Å². The van der Waals surface area contributed by atoms with E-state index in [0.717, 1.165) is 10.2 Å². The van der Waals surface area contributed by atoms with Gasteiger partial charge in [0.25, 0.3) is 17.0 Å². The van der Waals surface area contributed by atoms with Crippen LogP contribution in [-0.2, 0) is 0 Å². The predicted octanol–water partition coefficient (Wildman–Crippen LogP) is 4.11. The molecule has 4 rings (SSSR count).